The average molecular weight is 180 g/mol. The Labute approximate surface area is 72.8 Å². The molecule has 0 heterocycles. The van der Waals surface area contributed by atoms with Gasteiger partial charge in [0.2, 0.25) is 0 Å². The Bertz CT molecular complexity index is 58.0. The summed E-state index contributed by atoms with van der Waals surface area (Å²) >= 11 is 0.750. The molecular formula is C6H12O3Ti. The van der Waals surface area contributed by atoms with E-state index < -0.39 is 0 Å². The van der Waals surface area contributed by atoms with Crippen LogP contribution >= 0.6 is 0 Å². The number of aliphatic hydroxyl groups excluding tert-OH is 2. The Hall–Kier alpha value is -0.0857. The third kappa shape index (κ3) is 103. The summed E-state index contributed by atoms with van der Waals surface area (Å²) in [5.74, 6) is 0. The van der Waals surface area contributed by atoms with Crippen molar-refractivity contribution in [3.63, 3.8) is 0 Å². The molecule has 0 aromatic heterocycles. The van der Waals surface area contributed by atoms with E-state index in [9.17, 15) is 0 Å². The molecule has 0 saturated carbocycles. The summed E-state index contributed by atoms with van der Waals surface area (Å²) in [7, 11) is 0. The average Bonchev–Trinajstić information content (AvgIpc) is 2.08. The molecule has 0 aromatic carbocycles. The summed E-state index contributed by atoms with van der Waals surface area (Å²) in [5.41, 5.74) is 0. The molecule has 0 atom stereocenters. The summed E-state index contributed by atoms with van der Waals surface area (Å²) in [6.45, 7) is 6.62. The van der Waals surface area contributed by atoms with Gasteiger partial charge in [0.25, 0.3) is 0 Å². The van der Waals surface area contributed by atoms with Crippen molar-refractivity contribution in [3.8, 4) is 0 Å². The van der Waals surface area contributed by atoms with Gasteiger partial charge in [-0.3, -0.25) is 0 Å². The maximum atomic E-state index is 8.25. The van der Waals surface area contributed by atoms with Crippen molar-refractivity contribution < 1.29 is 33.9 Å². The van der Waals surface area contributed by atoms with E-state index in [1.54, 1.807) is 0 Å². The van der Waals surface area contributed by atoms with Gasteiger partial charge in [-0.2, -0.15) is 0 Å². The van der Waals surface area contributed by atoms with Gasteiger partial charge in [-0.1, -0.05) is 12.2 Å². The molecule has 10 heavy (non-hydrogen) atoms. The zero-order valence-corrected chi connectivity index (χ0v) is 7.35. The quantitative estimate of drug-likeness (QED) is 0.471. The Morgan fingerprint density at radius 2 is 1.20 bits per heavy atom. The van der Waals surface area contributed by atoms with E-state index in [4.69, 9.17) is 13.5 Å². The first-order valence-electron chi connectivity index (χ1n) is 2.47. The molecule has 4 heteroatoms. The maximum absolute atomic E-state index is 8.25. The van der Waals surface area contributed by atoms with E-state index in [-0.39, 0.29) is 13.2 Å². The third-order valence-corrected chi connectivity index (χ3v) is 0.258. The van der Waals surface area contributed by atoms with E-state index >= 15 is 0 Å². The molecule has 0 aliphatic carbocycles. The summed E-state index contributed by atoms with van der Waals surface area (Å²) in [6, 6.07) is 0. The number of hydrogen-bond donors (Lipinski definition) is 2. The molecule has 0 aromatic rings. The first-order valence-corrected chi connectivity index (χ1v) is 3.11. The second-order valence-corrected chi connectivity index (χ2v) is 0.942. The van der Waals surface area contributed by atoms with Crippen molar-refractivity contribution in [2.24, 2.45) is 0 Å². The topological polar surface area (TPSA) is 57.5 Å². The van der Waals surface area contributed by atoms with Crippen molar-refractivity contribution in [2.75, 3.05) is 13.2 Å². The van der Waals surface area contributed by atoms with Crippen LogP contribution in [0.25, 0.3) is 0 Å². The van der Waals surface area contributed by atoms with Gasteiger partial charge in [0.1, 0.15) is 0 Å². The molecule has 3 nitrogen and oxygen atoms in total. The molecule has 0 saturated heterocycles. The van der Waals surface area contributed by atoms with E-state index in [1.807, 2.05) is 0 Å². The summed E-state index contributed by atoms with van der Waals surface area (Å²) in [4.78, 5) is 0. The minimum absolute atomic E-state index is 0.0833. The third-order valence-electron chi connectivity index (χ3n) is 0.258. The second kappa shape index (κ2) is 36.4. The predicted molar refractivity (Wildman–Crippen MR) is 35.3 cm³/mol. The Morgan fingerprint density at radius 1 is 1.10 bits per heavy atom. The van der Waals surface area contributed by atoms with E-state index in [0.29, 0.717) is 0 Å². The SMILES string of the molecule is C=CCO.C=CCO.[O]=[Ti]. The van der Waals surface area contributed by atoms with E-state index in [2.05, 4.69) is 13.2 Å². The van der Waals surface area contributed by atoms with Gasteiger partial charge in [-0.15, -0.1) is 13.2 Å². The summed E-state index contributed by atoms with van der Waals surface area (Å²) in [5, 5.41) is 15.5. The van der Waals surface area contributed by atoms with Crippen molar-refractivity contribution in [2.45, 2.75) is 0 Å². The zero-order valence-electron chi connectivity index (χ0n) is 5.79. The van der Waals surface area contributed by atoms with Gasteiger partial charge in [-0.05, 0) is 0 Å². The first-order chi connectivity index (χ1) is 4.83. The fourth-order valence-electron chi connectivity index (χ4n) is 0. The number of aliphatic hydroxyl groups is 2. The van der Waals surface area contributed by atoms with Crippen LogP contribution in [0.4, 0.5) is 0 Å². The van der Waals surface area contributed by atoms with Crippen LogP contribution < -0.4 is 0 Å². The monoisotopic (exact) mass is 180 g/mol. The zero-order chi connectivity index (χ0) is 8.83. The molecule has 0 spiro atoms. The summed E-state index contributed by atoms with van der Waals surface area (Å²) in [6.07, 6.45) is 2.86. The van der Waals surface area contributed by atoms with Crippen LogP contribution in [0.1, 0.15) is 0 Å². The van der Waals surface area contributed by atoms with Crippen LogP contribution in [-0.2, 0) is 23.7 Å². The Morgan fingerprint density at radius 3 is 1.20 bits per heavy atom. The van der Waals surface area contributed by atoms with E-state index in [0.717, 1.165) is 20.4 Å². The Kier molecular flexibility index (Phi) is 60.1. The molecular weight excluding hydrogens is 168 g/mol. The predicted octanol–water partition coefficient (Wildman–Crippen LogP) is 0.208. The van der Waals surface area contributed by atoms with Crippen LogP contribution in [0.3, 0.4) is 0 Å². The van der Waals surface area contributed by atoms with Gasteiger partial charge in [0, 0.05) is 0 Å². The molecule has 0 aliphatic heterocycles. The molecule has 58 valence electrons. The molecule has 0 radical (unpaired) electrons. The summed E-state index contributed by atoms with van der Waals surface area (Å²) < 4.78 is 8.25. The Balaban J connectivity index is -0.0000000787. The van der Waals surface area contributed by atoms with Crippen molar-refractivity contribution in [3.05, 3.63) is 25.3 Å². The van der Waals surface area contributed by atoms with Crippen molar-refractivity contribution >= 4 is 0 Å². The minimum atomic E-state index is 0.0833. The van der Waals surface area contributed by atoms with E-state index in [1.165, 1.54) is 12.2 Å². The van der Waals surface area contributed by atoms with Gasteiger partial charge >= 0.3 is 23.7 Å². The molecule has 0 rings (SSSR count). The fraction of sp³-hybridized carbons (Fsp3) is 0.333. The van der Waals surface area contributed by atoms with Gasteiger partial charge < -0.3 is 10.2 Å². The van der Waals surface area contributed by atoms with Crippen molar-refractivity contribution in [1.29, 1.82) is 0 Å². The normalized spacial score (nSPS) is 5.30. The van der Waals surface area contributed by atoms with Crippen LogP contribution in [-0.4, -0.2) is 23.4 Å². The molecule has 0 amide bonds. The van der Waals surface area contributed by atoms with Crippen LogP contribution in [0.2, 0.25) is 0 Å². The number of hydrogen-bond acceptors (Lipinski definition) is 3. The number of rotatable bonds is 2. The first kappa shape index (κ1) is 16.5. The molecule has 0 aliphatic rings. The van der Waals surface area contributed by atoms with Gasteiger partial charge in [-0.25, -0.2) is 0 Å². The molecule has 0 bridgehead atoms. The second-order valence-electron chi connectivity index (χ2n) is 0.942. The van der Waals surface area contributed by atoms with Crippen LogP contribution in [0.5, 0.6) is 0 Å². The molecule has 0 unspecified atom stereocenters. The molecule has 0 fully saturated rings. The van der Waals surface area contributed by atoms with Crippen LogP contribution in [0.15, 0.2) is 25.3 Å². The standard InChI is InChI=1S/2C3H6O.O.Ti/c2*1-2-3-4;;/h2*2,4H,1,3H2;;. The molecule has 2 N–H and O–H groups in total. The van der Waals surface area contributed by atoms with Crippen molar-refractivity contribution in [1.82, 2.24) is 0 Å². The fourth-order valence-corrected chi connectivity index (χ4v) is 0. The van der Waals surface area contributed by atoms with Crippen LogP contribution in [0, 0.1) is 0 Å². The van der Waals surface area contributed by atoms with Gasteiger partial charge in [0.15, 0.2) is 0 Å². The van der Waals surface area contributed by atoms with Gasteiger partial charge in [0.05, 0.1) is 13.2 Å².